The Morgan fingerprint density at radius 3 is 2.79 bits per heavy atom. The summed E-state index contributed by atoms with van der Waals surface area (Å²) < 4.78 is 12.6. The van der Waals surface area contributed by atoms with E-state index in [1.807, 2.05) is 36.2 Å². The number of H-pyrrole nitrogens is 1. The van der Waals surface area contributed by atoms with Crippen LogP contribution in [0.15, 0.2) is 42.7 Å². The first-order valence-electron chi connectivity index (χ1n) is 9.71. The molecule has 4 rings (SSSR count). The quantitative estimate of drug-likeness (QED) is 0.664. The van der Waals surface area contributed by atoms with Gasteiger partial charge in [0.1, 0.15) is 11.5 Å². The van der Waals surface area contributed by atoms with Crippen LogP contribution in [0.5, 0.6) is 11.5 Å². The molecule has 8 heteroatoms. The van der Waals surface area contributed by atoms with Crippen molar-refractivity contribution in [1.29, 1.82) is 0 Å². The standard InChI is InChI=1S/C21H25N5O3/c1-25-13-16(12-22-25)21(27)26-9-7-15(14-26)20-11-17(23-24-20)8-10-29-19-5-3-18(28-2)4-6-19/h3-6,11-13,15H,7-10,14H2,1-2H3,(H,23,24)/t15-/m1/s1. The van der Waals surface area contributed by atoms with Gasteiger partial charge in [0, 0.05) is 44.4 Å². The molecule has 1 fully saturated rings. The van der Waals surface area contributed by atoms with Gasteiger partial charge in [0.25, 0.3) is 5.91 Å². The summed E-state index contributed by atoms with van der Waals surface area (Å²) in [4.78, 5) is 14.5. The van der Waals surface area contributed by atoms with E-state index in [9.17, 15) is 4.79 Å². The molecule has 0 spiro atoms. The summed E-state index contributed by atoms with van der Waals surface area (Å²) in [5.74, 6) is 1.90. The molecule has 8 nitrogen and oxygen atoms in total. The molecule has 152 valence electrons. The number of likely N-dealkylation sites (tertiary alicyclic amines) is 1. The van der Waals surface area contributed by atoms with E-state index in [0.29, 0.717) is 18.7 Å². The number of aromatic nitrogens is 4. The Hall–Kier alpha value is -3.29. The maximum Gasteiger partial charge on any atom is 0.257 e. The number of aromatic amines is 1. The second-order valence-corrected chi connectivity index (χ2v) is 7.23. The van der Waals surface area contributed by atoms with Crippen molar-refractivity contribution in [3.05, 3.63) is 59.7 Å². The van der Waals surface area contributed by atoms with Gasteiger partial charge in [-0.1, -0.05) is 0 Å². The Morgan fingerprint density at radius 1 is 1.28 bits per heavy atom. The minimum absolute atomic E-state index is 0.0317. The molecular formula is C21H25N5O3. The number of hydrogen-bond acceptors (Lipinski definition) is 5. The highest BCUT2D eigenvalue weighted by Crippen LogP contribution is 2.27. The van der Waals surface area contributed by atoms with Crippen LogP contribution in [0.3, 0.4) is 0 Å². The fraction of sp³-hybridized carbons (Fsp3) is 0.381. The Labute approximate surface area is 169 Å². The van der Waals surface area contributed by atoms with Gasteiger partial charge in [-0.2, -0.15) is 10.2 Å². The lowest BCUT2D eigenvalue weighted by atomic mass is 10.0. The maximum atomic E-state index is 12.6. The zero-order chi connectivity index (χ0) is 20.2. The van der Waals surface area contributed by atoms with Gasteiger partial charge in [0.2, 0.25) is 0 Å². The van der Waals surface area contributed by atoms with Crippen LogP contribution in [0.25, 0.3) is 0 Å². The van der Waals surface area contributed by atoms with E-state index < -0.39 is 0 Å². The molecule has 1 saturated heterocycles. The number of nitrogens with zero attached hydrogens (tertiary/aromatic N) is 4. The van der Waals surface area contributed by atoms with Crippen LogP contribution in [0.4, 0.5) is 0 Å². The molecule has 0 bridgehead atoms. The summed E-state index contributed by atoms with van der Waals surface area (Å²) in [6, 6.07) is 9.62. The maximum absolute atomic E-state index is 12.6. The van der Waals surface area contributed by atoms with E-state index in [4.69, 9.17) is 9.47 Å². The van der Waals surface area contributed by atoms with Crippen molar-refractivity contribution < 1.29 is 14.3 Å². The first kappa shape index (κ1) is 19.0. The van der Waals surface area contributed by atoms with Crippen LogP contribution < -0.4 is 9.47 Å². The number of methoxy groups -OCH3 is 1. The summed E-state index contributed by atoms with van der Waals surface area (Å²) in [6.45, 7) is 1.98. The molecule has 2 aromatic heterocycles. The molecule has 0 unspecified atom stereocenters. The van der Waals surface area contributed by atoms with Crippen LogP contribution >= 0.6 is 0 Å². The molecule has 1 atom stereocenters. The second-order valence-electron chi connectivity index (χ2n) is 7.23. The highest BCUT2D eigenvalue weighted by molar-refractivity contribution is 5.94. The van der Waals surface area contributed by atoms with Gasteiger partial charge < -0.3 is 14.4 Å². The molecule has 3 heterocycles. The van der Waals surface area contributed by atoms with Gasteiger partial charge in [-0.25, -0.2) is 0 Å². The largest absolute Gasteiger partial charge is 0.497 e. The second kappa shape index (κ2) is 8.38. The van der Waals surface area contributed by atoms with Crippen LogP contribution in [0.2, 0.25) is 0 Å². The Bertz CT molecular complexity index is 963. The van der Waals surface area contributed by atoms with Gasteiger partial charge >= 0.3 is 0 Å². The topological polar surface area (TPSA) is 85.3 Å². The first-order chi connectivity index (χ1) is 14.1. The number of hydrogen-bond donors (Lipinski definition) is 1. The number of benzene rings is 1. The minimum Gasteiger partial charge on any atom is -0.497 e. The van der Waals surface area contributed by atoms with Crippen molar-refractivity contribution in [3.63, 3.8) is 0 Å². The molecule has 1 amide bonds. The molecule has 0 saturated carbocycles. The average molecular weight is 395 g/mol. The first-order valence-corrected chi connectivity index (χ1v) is 9.71. The molecule has 0 aliphatic carbocycles. The van der Waals surface area contributed by atoms with E-state index in [1.54, 1.807) is 24.2 Å². The van der Waals surface area contributed by atoms with Crippen LogP contribution in [0.1, 0.15) is 34.1 Å². The highest BCUT2D eigenvalue weighted by atomic mass is 16.5. The smallest absolute Gasteiger partial charge is 0.257 e. The molecule has 3 aromatic rings. The van der Waals surface area contributed by atoms with Gasteiger partial charge in [-0.3, -0.25) is 14.6 Å². The van der Waals surface area contributed by atoms with Crippen molar-refractivity contribution in [2.24, 2.45) is 7.05 Å². The van der Waals surface area contributed by atoms with Crippen molar-refractivity contribution >= 4 is 5.91 Å². The number of carbonyl (C=O) groups excluding carboxylic acids is 1. The summed E-state index contributed by atoms with van der Waals surface area (Å²) in [6.07, 6.45) is 5.03. The van der Waals surface area contributed by atoms with Gasteiger partial charge in [0.15, 0.2) is 0 Å². The third kappa shape index (κ3) is 4.42. The molecule has 1 aliphatic rings. The van der Waals surface area contributed by atoms with Crippen LogP contribution in [-0.4, -0.2) is 57.6 Å². The summed E-state index contributed by atoms with van der Waals surface area (Å²) in [5, 5.41) is 11.6. The number of rotatable bonds is 7. The zero-order valence-electron chi connectivity index (χ0n) is 16.7. The number of ether oxygens (including phenoxy) is 2. The average Bonchev–Trinajstić information content (AvgIpc) is 3.48. The third-order valence-electron chi connectivity index (χ3n) is 5.20. The van der Waals surface area contributed by atoms with E-state index >= 15 is 0 Å². The summed E-state index contributed by atoms with van der Waals surface area (Å²) in [5.41, 5.74) is 2.67. The lowest BCUT2D eigenvalue weighted by molar-refractivity contribution is 0.0790. The Kier molecular flexibility index (Phi) is 5.50. The predicted molar refractivity (Wildman–Crippen MR) is 107 cm³/mol. The highest BCUT2D eigenvalue weighted by Gasteiger charge is 2.29. The molecule has 1 N–H and O–H groups in total. The zero-order valence-corrected chi connectivity index (χ0v) is 16.7. The monoisotopic (exact) mass is 395 g/mol. The van der Waals surface area contributed by atoms with E-state index in [0.717, 1.165) is 42.3 Å². The molecule has 0 radical (unpaired) electrons. The van der Waals surface area contributed by atoms with Crippen molar-refractivity contribution in [1.82, 2.24) is 24.9 Å². The van der Waals surface area contributed by atoms with Gasteiger partial charge in [0.05, 0.1) is 31.2 Å². The molecule has 1 aliphatic heterocycles. The lowest BCUT2D eigenvalue weighted by Gasteiger charge is -2.14. The van der Waals surface area contributed by atoms with Crippen molar-refractivity contribution in [3.8, 4) is 11.5 Å². The predicted octanol–water partition coefficient (Wildman–Crippen LogP) is 2.40. The normalized spacial score (nSPS) is 16.2. The van der Waals surface area contributed by atoms with Gasteiger partial charge in [-0.05, 0) is 36.8 Å². The minimum atomic E-state index is 0.0317. The Balaban J connectivity index is 1.28. The summed E-state index contributed by atoms with van der Waals surface area (Å²) >= 11 is 0. The fourth-order valence-electron chi connectivity index (χ4n) is 3.57. The number of nitrogens with one attached hydrogen (secondary N) is 1. The van der Waals surface area contributed by atoms with E-state index in [-0.39, 0.29) is 11.8 Å². The molecule has 29 heavy (non-hydrogen) atoms. The third-order valence-corrected chi connectivity index (χ3v) is 5.20. The van der Waals surface area contributed by atoms with Crippen molar-refractivity contribution in [2.45, 2.75) is 18.8 Å². The summed E-state index contributed by atoms with van der Waals surface area (Å²) in [7, 11) is 3.46. The molecular weight excluding hydrogens is 370 g/mol. The van der Waals surface area contributed by atoms with E-state index in [2.05, 4.69) is 21.4 Å². The SMILES string of the molecule is COc1ccc(OCCc2cc([C@@H]3CCN(C(=O)c4cnn(C)c4)C3)n[nH]2)cc1. The van der Waals surface area contributed by atoms with Gasteiger partial charge in [-0.15, -0.1) is 0 Å². The lowest BCUT2D eigenvalue weighted by Crippen LogP contribution is -2.28. The van der Waals surface area contributed by atoms with Crippen LogP contribution in [-0.2, 0) is 13.5 Å². The molecule has 1 aromatic carbocycles. The number of carbonyl (C=O) groups is 1. The Morgan fingerprint density at radius 2 is 2.07 bits per heavy atom. The number of aryl methyl sites for hydroxylation is 1. The van der Waals surface area contributed by atoms with E-state index in [1.165, 1.54) is 0 Å². The fourth-order valence-corrected chi connectivity index (χ4v) is 3.57. The van der Waals surface area contributed by atoms with Crippen molar-refractivity contribution in [2.75, 3.05) is 26.8 Å². The van der Waals surface area contributed by atoms with Crippen LogP contribution in [0, 0.1) is 0 Å². The number of amides is 1.